The molecule has 0 radical (unpaired) electrons. The zero-order valence-electron chi connectivity index (χ0n) is 24.6. The number of hydrogen-bond acceptors (Lipinski definition) is 1. The van der Waals surface area contributed by atoms with Crippen LogP contribution in [0.4, 0.5) is 0 Å². The molecule has 0 aromatic heterocycles. The van der Waals surface area contributed by atoms with Crippen molar-refractivity contribution in [2.75, 3.05) is 40.0 Å². The molecule has 0 saturated carbocycles. The molecular weight excluding hydrogens is 725 g/mol. The molecule has 2 aromatic carbocycles. The number of hydrogen-bond donors (Lipinski definition) is 0. The van der Waals surface area contributed by atoms with Crippen molar-refractivity contribution in [2.24, 2.45) is 0 Å². The maximum atomic E-state index is 7.50. The van der Waals surface area contributed by atoms with Crippen molar-refractivity contribution >= 4 is 48.2 Å². The van der Waals surface area contributed by atoms with Crippen molar-refractivity contribution in [3.8, 4) is 12.0 Å². The fourth-order valence-electron chi connectivity index (χ4n) is 3.71. The summed E-state index contributed by atoms with van der Waals surface area (Å²) in [5.74, 6) is 3.18. The molecule has 208 valence electrons. The normalized spacial score (nSPS) is 10.4. The Balaban J connectivity index is -0.000000745. The van der Waals surface area contributed by atoms with Crippen LogP contribution in [-0.2, 0) is 25.6 Å². The third kappa shape index (κ3) is 18.7. The van der Waals surface area contributed by atoms with Gasteiger partial charge in [-0.25, -0.2) is 0 Å². The van der Waals surface area contributed by atoms with Crippen LogP contribution < -0.4 is 5.19 Å². The first-order valence-corrected chi connectivity index (χ1v) is 26.2. The fraction of sp³-hybridized carbons (Fsp3) is 0.483. The van der Waals surface area contributed by atoms with Crippen molar-refractivity contribution in [3.05, 3.63) is 72.9 Å². The van der Waals surface area contributed by atoms with Crippen LogP contribution in [0.15, 0.2) is 60.7 Å². The Bertz CT molecular complexity index is 861. The molecule has 0 bridgehead atoms. The van der Waals surface area contributed by atoms with Crippen LogP contribution in [0.25, 0.3) is 0 Å². The molecule has 0 aliphatic heterocycles. The predicted octanol–water partition coefficient (Wildman–Crippen LogP) is 9.52. The summed E-state index contributed by atoms with van der Waals surface area (Å²) in [6.07, 6.45) is 3.07. The first-order valence-electron chi connectivity index (χ1n) is 11.7. The van der Waals surface area contributed by atoms with Crippen LogP contribution in [0.3, 0.4) is 0 Å². The van der Waals surface area contributed by atoms with Crippen molar-refractivity contribution in [2.45, 2.75) is 51.6 Å². The van der Waals surface area contributed by atoms with Gasteiger partial charge in [0.1, 0.15) is 6.11 Å². The second-order valence-electron chi connectivity index (χ2n) is 11.0. The summed E-state index contributed by atoms with van der Waals surface area (Å²) < 4.78 is 14.0. The van der Waals surface area contributed by atoms with E-state index < -0.39 is 24.8 Å². The average molecular weight is 771 g/mol. The number of halogens is 2. The van der Waals surface area contributed by atoms with E-state index in [1.807, 2.05) is 30.3 Å². The van der Waals surface area contributed by atoms with Gasteiger partial charge in [0.2, 0.25) is 0 Å². The standard InChI is InChI=1S/C22H28OSi.2C3H9P.CO.2ClH.W/c1-21(2,3)24(22(4,5)6,20-15-11-8-12-16-20)23-18-17-19-13-9-7-10-14-19;2*1-4(2)3;1-2;;;/h7-16H,1-6H3;2*1-3H3;;2*1H;/q;;;;;;+2/p-2. The van der Waals surface area contributed by atoms with Gasteiger partial charge in [0, 0.05) is 5.56 Å². The van der Waals surface area contributed by atoms with Crippen LogP contribution in [-0.4, -0.2) is 48.3 Å². The van der Waals surface area contributed by atoms with Gasteiger partial charge in [0.15, 0.2) is 0 Å². The van der Waals surface area contributed by atoms with Gasteiger partial charge in [-0.1, -0.05) is 90.1 Å². The van der Waals surface area contributed by atoms with Crippen LogP contribution >= 0.6 is 34.7 Å². The molecule has 2 aromatic rings. The summed E-state index contributed by atoms with van der Waals surface area (Å²) in [5.41, 5.74) is 0.983. The third-order valence-electron chi connectivity index (χ3n) is 4.47. The summed E-state index contributed by atoms with van der Waals surface area (Å²) in [7, 11) is 8.22. The second-order valence-corrected chi connectivity index (χ2v) is 25.7. The molecule has 2 rings (SSSR count). The van der Waals surface area contributed by atoms with E-state index in [2.05, 4.69) is 131 Å². The van der Waals surface area contributed by atoms with Crippen LogP contribution in [0.2, 0.25) is 10.1 Å². The summed E-state index contributed by atoms with van der Waals surface area (Å²) in [5, 5.41) is 1.32. The van der Waals surface area contributed by atoms with Crippen LogP contribution in [0.1, 0.15) is 47.1 Å². The minimum absolute atomic E-state index is 0.0119. The van der Waals surface area contributed by atoms with Gasteiger partial charge >= 0.3 is 54.9 Å². The maximum absolute atomic E-state index is 7.50. The van der Waals surface area contributed by atoms with E-state index in [9.17, 15) is 0 Å². The van der Waals surface area contributed by atoms with Crippen LogP contribution in [0.5, 0.6) is 0 Å². The molecule has 0 aliphatic rings. The van der Waals surface area contributed by atoms with Gasteiger partial charge in [0.25, 0.3) is 0 Å². The molecule has 0 fully saturated rings. The van der Waals surface area contributed by atoms with Crippen molar-refractivity contribution in [1.82, 2.24) is 0 Å². The van der Waals surface area contributed by atoms with Crippen molar-refractivity contribution < 1.29 is 25.6 Å². The zero-order valence-corrected chi connectivity index (χ0v) is 31.9. The summed E-state index contributed by atoms with van der Waals surface area (Å²) in [6.45, 7) is 31.6. The topological polar surface area (TPSA) is 29.1 Å². The molecule has 8 heteroatoms. The Morgan fingerprint density at radius 2 is 1.03 bits per heavy atom. The predicted molar refractivity (Wildman–Crippen MR) is 171 cm³/mol. The Morgan fingerprint density at radius 1 is 0.730 bits per heavy atom. The third-order valence-corrected chi connectivity index (χ3v) is 10.2. The first kappa shape index (κ1) is 41.4. The van der Waals surface area contributed by atoms with Crippen LogP contribution in [0, 0.1) is 18.7 Å². The molecular formula is C29H46Cl2O2P2SiW. The Hall–Kier alpha value is -0.115. The molecule has 0 spiro atoms. The van der Waals surface area contributed by atoms with E-state index >= 15 is 0 Å². The molecule has 0 N–H and O–H groups in total. The van der Waals surface area contributed by atoms with Gasteiger partial charge in [-0.05, 0) is 73.3 Å². The molecule has 0 amide bonds. The molecule has 37 heavy (non-hydrogen) atoms. The Labute approximate surface area is 248 Å². The molecule has 0 unspecified atom stereocenters. The number of benzene rings is 2. The van der Waals surface area contributed by atoms with E-state index in [4.69, 9.17) is 27.9 Å². The fourth-order valence-corrected chi connectivity index (χ4v) is 9.29. The molecule has 0 aliphatic carbocycles. The van der Waals surface area contributed by atoms with Gasteiger partial charge in [0.05, 0.1) is 0 Å². The summed E-state index contributed by atoms with van der Waals surface area (Å²) >= 11 is -0.806. The van der Waals surface area contributed by atoms with Gasteiger partial charge in [-0.15, -0.1) is 15.8 Å². The van der Waals surface area contributed by atoms with Crippen molar-refractivity contribution in [3.63, 3.8) is 0 Å². The quantitative estimate of drug-likeness (QED) is 0.0984. The summed E-state index contributed by atoms with van der Waals surface area (Å²) in [6, 6.07) is 20.7. The van der Waals surface area contributed by atoms with E-state index in [0.717, 1.165) is 5.56 Å². The SMILES string of the molecule is CC(C)(C)[Si](OC#Cc1ccccc1)(c1ccccc1)C(C)(C)C.CP(C)C.CP(C)C.[C-]#[O+].[Cl][W][Cl]. The summed E-state index contributed by atoms with van der Waals surface area (Å²) in [4.78, 5) is 0. The van der Waals surface area contributed by atoms with E-state index in [-0.39, 0.29) is 10.1 Å². The van der Waals surface area contributed by atoms with E-state index in [1.54, 1.807) is 0 Å². The number of rotatable bonds is 2. The van der Waals surface area contributed by atoms with Crippen molar-refractivity contribution in [1.29, 1.82) is 0 Å². The van der Waals surface area contributed by atoms with Gasteiger partial charge < -0.3 is 4.43 Å². The second kappa shape index (κ2) is 22.7. The van der Waals surface area contributed by atoms with Gasteiger partial charge in [-0.3, -0.25) is 0 Å². The minimum atomic E-state index is -2.40. The molecule has 2 nitrogen and oxygen atoms in total. The van der Waals surface area contributed by atoms with E-state index in [1.165, 1.54) is 5.19 Å². The molecule has 0 atom stereocenters. The molecule has 0 heterocycles. The van der Waals surface area contributed by atoms with E-state index in [0.29, 0.717) is 15.8 Å². The zero-order chi connectivity index (χ0) is 29.7. The Kier molecular flexibility index (Phi) is 25.4. The monoisotopic (exact) mass is 770 g/mol. The van der Waals surface area contributed by atoms with Gasteiger partial charge in [-0.2, -0.15) is 0 Å². The molecule has 0 saturated heterocycles. The first-order chi connectivity index (χ1) is 17.1. The Morgan fingerprint density at radius 3 is 1.32 bits per heavy atom. The average Bonchev–Trinajstić information content (AvgIpc) is 2.77.